The molecule has 5 N–H and O–H groups in total. The van der Waals surface area contributed by atoms with Crippen LogP contribution in [0.4, 0.5) is 10.5 Å². The van der Waals surface area contributed by atoms with Crippen molar-refractivity contribution in [2.75, 3.05) is 25.5 Å². The SMILES string of the molecule is CN(CC(=O)Nc1ccc(COC(N)=O)cc1)C(=O)CN. The minimum Gasteiger partial charge on any atom is -0.445 e. The second-order valence-electron chi connectivity index (χ2n) is 4.31. The van der Waals surface area contributed by atoms with E-state index in [2.05, 4.69) is 10.1 Å². The molecule has 0 saturated carbocycles. The molecule has 0 unspecified atom stereocenters. The molecule has 0 fully saturated rings. The number of rotatable bonds is 6. The van der Waals surface area contributed by atoms with Crippen LogP contribution in [-0.2, 0) is 20.9 Å². The Hall–Kier alpha value is -2.61. The van der Waals surface area contributed by atoms with Crippen molar-refractivity contribution in [1.29, 1.82) is 0 Å². The Morgan fingerprint density at radius 3 is 2.38 bits per heavy atom. The summed E-state index contributed by atoms with van der Waals surface area (Å²) in [5.74, 6) is -0.649. The van der Waals surface area contributed by atoms with Crippen LogP contribution < -0.4 is 16.8 Å². The fourth-order valence-corrected chi connectivity index (χ4v) is 1.50. The van der Waals surface area contributed by atoms with Gasteiger partial charge in [-0.25, -0.2) is 4.79 Å². The molecule has 8 heteroatoms. The van der Waals surface area contributed by atoms with Crippen molar-refractivity contribution in [1.82, 2.24) is 4.90 Å². The van der Waals surface area contributed by atoms with Gasteiger partial charge in [-0.15, -0.1) is 0 Å². The maximum absolute atomic E-state index is 11.7. The van der Waals surface area contributed by atoms with Gasteiger partial charge in [0.25, 0.3) is 0 Å². The highest BCUT2D eigenvalue weighted by atomic mass is 16.5. The number of benzene rings is 1. The zero-order chi connectivity index (χ0) is 15.8. The molecule has 114 valence electrons. The van der Waals surface area contributed by atoms with Gasteiger partial charge in [-0.05, 0) is 17.7 Å². The molecule has 0 spiro atoms. The highest BCUT2D eigenvalue weighted by Gasteiger charge is 2.11. The monoisotopic (exact) mass is 294 g/mol. The number of amides is 3. The Morgan fingerprint density at radius 1 is 1.24 bits per heavy atom. The van der Waals surface area contributed by atoms with E-state index < -0.39 is 6.09 Å². The Bertz CT molecular complexity index is 515. The number of carbonyl (C=O) groups is 3. The van der Waals surface area contributed by atoms with Crippen molar-refractivity contribution >= 4 is 23.6 Å². The Kier molecular flexibility index (Phi) is 6.15. The zero-order valence-corrected chi connectivity index (χ0v) is 11.7. The second-order valence-corrected chi connectivity index (χ2v) is 4.31. The molecule has 0 bridgehead atoms. The number of anilines is 1. The highest BCUT2D eigenvalue weighted by molar-refractivity contribution is 5.94. The van der Waals surface area contributed by atoms with Gasteiger partial charge < -0.3 is 26.4 Å². The molecule has 1 aromatic carbocycles. The van der Waals surface area contributed by atoms with E-state index in [0.717, 1.165) is 5.56 Å². The molecule has 1 aromatic rings. The van der Waals surface area contributed by atoms with Crippen LogP contribution in [0, 0.1) is 0 Å². The first-order valence-electron chi connectivity index (χ1n) is 6.17. The summed E-state index contributed by atoms with van der Waals surface area (Å²) in [4.78, 5) is 34.7. The highest BCUT2D eigenvalue weighted by Crippen LogP contribution is 2.10. The Balaban J connectivity index is 2.49. The van der Waals surface area contributed by atoms with Crippen LogP contribution >= 0.6 is 0 Å². The predicted molar refractivity (Wildman–Crippen MR) is 76.1 cm³/mol. The normalized spacial score (nSPS) is 9.81. The second kappa shape index (κ2) is 7.85. The van der Waals surface area contributed by atoms with Gasteiger partial charge in [0.05, 0.1) is 13.1 Å². The molecule has 0 heterocycles. The Morgan fingerprint density at radius 2 is 1.86 bits per heavy atom. The van der Waals surface area contributed by atoms with Gasteiger partial charge in [-0.1, -0.05) is 12.1 Å². The standard InChI is InChI=1S/C13H18N4O4/c1-17(12(19)6-14)7-11(18)16-10-4-2-9(3-5-10)8-21-13(15)20/h2-5H,6-8,14H2,1H3,(H2,15,20)(H,16,18). The van der Waals surface area contributed by atoms with Crippen LogP contribution in [0.2, 0.25) is 0 Å². The van der Waals surface area contributed by atoms with E-state index in [-0.39, 0.29) is 31.5 Å². The van der Waals surface area contributed by atoms with E-state index in [9.17, 15) is 14.4 Å². The van der Waals surface area contributed by atoms with Gasteiger partial charge >= 0.3 is 6.09 Å². The Labute approximate surface area is 122 Å². The first-order valence-corrected chi connectivity index (χ1v) is 6.17. The van der Waals surface area contributed by atoms with Crippen LogP contribution in [-0.4, -0.2) is 42.9 Å². The van der Waals surface area contributed by atoms with Gasteiger partial charge in [0, 0.05) is 12.7 Å². The molecular weight excluding hydrogens is 276 g/mol. The van der Waals surface area contributed by atoms with Crippen molar-refractivity contribution in [3.05, 3.63) is 29.8 Å². The number of primary amides is 1. The van der Waals surface area contributed by atoms with Crippen molar-refractivity contribution in [2.24, 2.45) is 11.5 Å². The number of carbonyl (C=O) groups excluding carboxylic acids is 3. The molecule has 1 rings (SSSR count). The largest absolute Gasteiger partial charge is 0.445 e. The van der Waals surface area contributed by atoms with Crippen molar-refractivity contribution in [3.63, 3.8) is 0 Å². The van der Waals surface area contributed by atoms with Crippen molar-refractivity contribution in [2.45, 2.75) is 6.61 Å². The number of ether oxygens (including phenoxy) is 1. The van der Waals surface area contributed by atoms with E-state index in [4.69, 9.17) is 11.5 Å². The van der Waals surface area contributed by atoms with E-state index in [1.54, 1.807) is 24.3 Å². The first kappa shape index (κ1) is 16.4. The lowest BCUT2D eigenvalue weighted by Gasteiger charge is -2.15. The van der Waals surface area contributed by atoms with Crippen LogP contribution in [0.25, 0.3) is 0 Å². The quantitative estimate of drug-likeness (QED) is 0.660. The van der Waals surface area contributed by atoms with Gasteiger partial charge in [0.15, 0.2) is 0 Å². The lowest BCUT2D eigenvalue weighted by atomic mass is 10.2. The third-order valence-corrected chi connectivity index (χ3v) is 2.60. The van der Waals surface area contributed by atoms with Crippen LogP contribution in [0.5, 0.6) is 0 Å². The molecule has 0 aliphatic rings. The van der Waals surface area contributed by atoms with E-state index in [0.29, 0.717) is 5.69 Å². The summed E-state index contributed by atoms with van der Waals surface area (Å²) < 4.78 is 4.64. The first-order chi connectivity index (χ1) is 9.92. The van der Waals surface area contributed by atoms with E-state index >= 15 is 0 Å². The maximum atomic E-state index is 11.7. The van der Waals surface area contributed by atoms with Crippen LogP contribution in [0.15, 0.2) is 24.3 Å². The van der Waals surface area contributed by atoms with Gasteiger partial charge in [0.2, 0.25) is 11.8 Å². The summed E-state index contributed by atoms with van der Waals surface area (Å²) in [5.41, 5.74) is 11.4. The number of hydrogen-bond donors (Lipinski definition) is 3. The van der Waals surface area contributed by atoms with E-state index in [1.165, 1.54) is 11.9 Å². The lowest BCUT2D eigenvalue weighted by Crippen LogP contribution is -2.38. The van der Waals surface area contributed by atoms with Crippen LogP contribution in [0.3, 0.4) is 0 Å². The summed E-state index contributed by atoms with van der Waals surface area (Å²) in [6.07, 6.45) is -0.847. The summed E-state index contributed by atoms with van der Waals surface area (Å²) in [5, 5.41) is 2.64. The molecule has 0 saturated heterocycles. The number of nitrogens with zero attached hydrogens (tertiary/aromatic N) is 1. The van der Waals surface area contributed by atoms with Crippen molar-refractivity contribution < 1.29 is 19.1 Å². The predicted octanol–water partition coefficient (Wildman–Crippen LogP) is -0.362. The molecule has 0 atom stereocenters. The minimum atomic E-state index is -0.847. The van der Waals surface area contributed by atoms with Gasteiger partial charge in [-0.3, -0.25) is 9.59 Å². The maximum Gasteiger partial charge on any atom is 0.404 e. The topological polar surface area (TPSA) is 128 Å². The average Bonchev–Trinajstić information content (AvgIpc) is 2.45. The smallest absolute Gasteiger partial charge is 0.404 e. The van der Waals surface area contributed by atoms with Crippen LogP contribution in [0.1, 0.15) is 5.56 Å². The number of nitrogens with two attached hydrogens (primary N) is 2. The van der Waals surface area contributed by atoms with Gasteiger partial charge in [0.1, 0.15) is 6.61 Å². The van der Waals surface area contributed by atoms with Crippen molar-refractivity contribution in [3.8, 4) is 0 Å². The molecule has 0 aliphatic heterocycles. The third kappa shape index (κ3) is 5.91. The average molecular weight is 294 g/mol. The molecule has 0 aliphatic carbocycles. The number of nitrogens with one attached hydrogen (secondary N) is 1. The van der Waals surface area contributed by atoms with E-state index in [1.807, 2.05) is 0 Å². The molecule has 0 radical (unpaired) electrons. The zero-order valence-electron chi connectivity index (χ0n) is 11.7. The lowest BCUT2D eigenvalue weighted by molar-refractivity contribution is -0.132. The van der Waals surface area contributed by atoms with Gasteiger partial charge in [-0.2, -0.15) is 0 Å². The minimum absolute atomic E-state index is 0.0668. The fraction of sp³-hybridized carbons (Fsp3) is 0.308. The number of likely N-dealkylation sites (N-methyl/N-ethyl adjacent to an activating group) is 1. The molecule has 8 nitrogen and oxygen atoms in total. The summed E-state index contributed by atoms with van der Waals surface area (Å²) in [6, 6.07) is 6.69. The molecule has 21 heavy (non-hydrogen) atoms. The summed E-state index contributed by atoms with van der Waals surface area (Å²) in [7, 11) is 1.50. The molecule has 0 aromatic heterocycles. The summed E-state index contributed by atoms with van der Waals surface area (Å²) in [6.45, 7) is -0.155. The summed E-state index contributed by atoms with van der Waals surface area (Å²) >= 11 is 0. The molecule has 3 amide bonds. The fourth-order valence-electron chi connectivity index (χ4n) is 1.50. The third-order valence-electron chi connectivity index (χ3n) is 2.60. The molecular formula is C13H18N4O4. The number of hydrogen-bond acceptors (Lipinski definition) is 5.